The highest BCUT2D eigenvalue weighted by atomic mass is 127. The molecule has 4 aromatic rings. The van der Waals surface area contributed by atoms with Crippen LogP contribution in [-0.4, -0.2) is 34.0 Å². The summed E-state index contributed by atoms with van der Waals surface area (Å²) in [6, 6.07) is 15.1. The number of carbonyl (C=O) groups is 1. The fourth-order valence-corrected chi connectivity index (χ4v) is 5.07. The van der Waals surface area contributed by atoms with E-state index in [1.807, 2.05) is 17.0 Å². The number of fused-ring (bicyclic) bond motifs is 1. The fourth-order valence-electron chi connectivity index (χ4n) is 4.17. The van der Waals surface area contributed by atoms with Crippen LogP contribution in [0.25, 0.3) is 22.6 Å². The Hall–Kier alpha value is -3.29. The lowest BCUT2D eigenvalue weighted by molar-refractivity contribution is -0.384. The fraction of sp³-hybridized carbons (Fsp3) is 0.160. The number of non-ortho nitro benzene ring substituents is 1. The second kappa shape index (κ2) is 10.6. The minimum absolute atomic E-state index is 0.0487. The van der Waals surface area contributed by atoms with Crippen LogP contribution in [0.5, 0.6) is 0 Å². The number of nitro benzene ring substituents is 1. The molecule has 1 amide bonds. The van der Waals surface area contributed by atoms with Crippen molar-refractivity contribution in [3.8, 4) is 11.5 Å². The average Bonchev–Trinajstić information content (AvgIpc) is 3.55. The predicted octanol–water partition coefficient (Wildman–Crippen LogP) is 6.39. The summed E-state index contributed by atoms with van der Waals surface area (Å²) in [5.74, 6) is -0.132. The van der Waals surface area contributed by atoms with E-state index in [2.05, 4.69) is 38.2 Å². The molecular formula is C25H19ClIN5O4S. The van der Waals surface area contributed by atoms with Gasteiger partial charge in [0, 0.05) is 34.5 Å². The number of rotatable bonds is 5. The molecule has 2 N–H and O–H groups in total. The van der Waals surface area contributed by atoms with Crippen LogP contribution >= 0.6 is 46.4 Å². The van der Waals surface area contributed by atoms with Gasteiger partial charge >= 0.3 is 0 Å². The van der Waals surface area contributed by atoms with Crippen LogP contribution in [-0.2, 0) is 0 Å². The molecule has 1 saturated heterocycles. The number of hydrogen-bond donors (Lipinski definition) is 2. The van der Waals surface area contributed by atoms with Gasteiger partial charge in [0.2, 0.25) is 5.89 Å². The summed E-state index contributed by atoms with van der Waals surface area (Å²) in [7, 11) is 0. The first-order valence-corrected chi connectivity index (χ1v) is 13.2. The van der Waals surface area contributed by atoms with Gasteiger partial charge in [-0.05, 0) is 90.1 Å². The Labute approximate surface area is 235 Å². The zero-order valence-electron chi connectivity index (χ0n) is 19.2. The standard InChI is InChI=1S/C25H19ClIN5O4S/c26-19-6-3-14(27)11-17(19)24-29-20-12-15(4-8-22(20)36-24)28-25(37)30-23(33)18-13-16(32(34)35)5-7-21(18)31-9-1-2-10-31/h3-8,11-13H,1-2,9-10H2,(H2,28,30,33,37). The maximum absolute atomic E-state index is 13.1. The molecule has 12 heteroatoms. The van der Waals surface area contributed by atoms with Gasteiger partial charge in [0.05, 0.1) is 26.8 Å². The lowest BCUT2D eigenvalue weighted by atomic mass is 10.1. The minimum Gasteiger partial charge on any atom is -0.436 e. The Balaban J connectivity index is 1.34. The third-order valence-corrected chi connectivity index (χ3v) is 7.12. The van der Waals surface area contributed by atoms with Crippen LogP contribution in [0.1, 0.15) is 23.2 Å². The van der Waals surface area contributed by atoms with Crippen LogP contribution in [0.3, 0.4) is 0 Å². The predicted molar refractivity (Wildman–Crippen MR) is 155 cm³/mol. The molecule has 1 aromatic heterocycles. The summed E-state index contributed by atoms with van der Waals surface area (Å²) in [5, 5.41) is 17.5. The van der Waals surface area contributed by atoms with E-state index < -0.39 is 10.8 Å². The normalized spacial score (nSPS) is 13.1. The van der Waals surface area contributed by atoms with E-state index in [1.54, 1.807) is 30.3 Å². The van der Waals surface area contributed by atoms with E-state index in [1.165, 1.54) is 12.1 Å². The first kappa shape index (κ1) is 25.4. The van der Waals surface area contributed by atoms with Crippen molar-refractivity contribution in [2.45, 2.75) is 12.8 Å². The Morgan fingerprint density at radius 1 is 1.14 bits per heavy atom. The first-order chi connectivity index (χ1) is 17.8. The van der Waals surface area contributed by atoms with E-state index in [0.29, 0.717) is 39.0 Å². The van der Waals surface area contributed by atoms with E-state index in [0.717, 1.165) is 29.5 Å². The average molecular weight is 648 g/mol. The van der Waals surface area contributed by atoms with Gasteiger partial charge < -0.3 is 14.6 Å². The zero-order valence-corrected chi connectivity index (χ0v) is 22.9. The molecule has 0 saturated carbocycles. The monoisotopic (exact) mass is 647 g/mol. The number of anilines is 2. The third-order valence-electron chi connectivity index (χ3n) is 5.91. The van der Waals surface area contributed by atoms with Crippen molar-refractivity contribution < 1.29 is 14.1 Å². The number of benzene rings is 3. The smallest absolute Gasteiger partial charge is 0.270 e. The lowest BCUT2D eigenvalue weighted by Gasteiger charge is -2.21. The molecule has 1 fully saturated rings. The summed E-state index contributed by atoms with van der Waals surface area (Å²) in [6.45, 7) is 1.57. The van der Waals surface area contributed by atoms with Crippen LogP contribution in [0, 0.1) is 13.7 Å². The SMILES string of the molecule is O=C(NC(=S)Nc1ccc2oc(-c3cc(I)ccc3Cl)nc2c1)c1cc([N+](=O)[O-])ccc1N1CCCC1. The summed E-state index contributed by atoms with van der Waals surface area (Å²) in [5.41, 5.74) is 3.11. The number of carbonyl (C=O) groups excluding carboxylic acids is 1. The maximum Gasteiger partial charge on any atom is 0.270 e. The number of oxazole rings is 1. The topological polar surface area (TPSA) is 114 Å². The molecule has 9 nitrogen and oxygen atoms in total. The molecule has 2 heterocycles. The zero-order chi connectivity index (χ0) is 26.1. The summed E-state index contributed by atoms with van der Waals surface area (Å²) in [6.07, 6.45) is 2.00. The van der Waals surface area contributed by atoms with Gasteiger partial charge in [0.15, 0.2) is 10.7 Å². The molecule has 3 aromatic carbocycles. The second-order valence-electron chi connectivity index (χ2n) is 8.39. The van der Waals surface area contributed by atoms with Crippen molar-refractivity contribution in [1.29, 1.82) is 0 Å². The number of aromatic nitrogens is 1. The second-order valence-corrected chi connectivity index (χ2v) is 10.4. The Kier molecular flexibility index (Phi) is 7.26. The largest absolute Gasteiger partial charge is 0.436 e. The van der Waals surface area contributed by atoms with Crippen molar-refractivity contribution >= 4 is 85.6 Å². The maximum atomic E-state index is 13.1. The van der Waals surface area contributed by atoms with E-state index in [-0.39, 0.29) is 16.4 Å². The van der Waals surface area contributed by atoms with Gasteiger partial charge in [-0.2, -0.15) is 0 Å². The van der Waals surface area contributed by atoms with Gasteiger partial charge in [0.1, 0.15) is 5.52 Å². The highest BCUT2D eigenvalue weighted by Gasteiger charge is 2.23. The highest BCUT2D eigenvalue weighted by molar-refractivity contribution is 14.1. The number of nitrogens with one attached hydrogen (secondary N) is 2. The molecule has 0 atom stereocenters. The number of nitrogens with zero attached hydrogens (tertiary/aromatic N) is 3. The molecule has 1 aliphatic heterocycles. The van der Waals surface area contributed by atoms with Gasteiger partial charge in [-0.15, -0.1) is 0 Å². The van der Waals surface area contributed by atoms with Crippen molar-refractivity contribution in [1.82, 2.24) is 10.3 Å². The number of nitro groups is 1. The number of amides is 1. The Morgan fingerprint density at radius 2 is 1.92 bits per heavy atom. The third kappa shape index (κ3) is 5.53. The molecule has 5 rings (SSSR count). The number of thiocarbonyl (C=S) groups is 1. The molecule has 1 aliphatic rings. The van der Waals surface area contributed by atoms with E-state index >= 15 is 0 Å². The van der Waals surface area contributed by atoms with Crippen molar-refractivity contribution in [2.75, 3.05) is 23.3 Å². The molecular weight excluding hydrogens is 629 g/mol. The molecule has 0 spiro atoms. The molecule has 0 unspecified atom stereocenters. The molecule has 0 radical (unpaired) electrons. The van der Waals surface area contributed by atoms with Crippen molar-refractivity contribution in [2.24, 2.45) is 0 Å². The molecule has 0 bridgehead atoms. The van der Waals surface area contributed by atoms with Crippen LogP contribution in [0.15, 0.2) is 59.0 Å². The Morgan fingerprint density at radius 3 is 2.68 bits per heavy atom. The molecule has 0 aliphatic carbocycles. The summed E-state index contributed by atoms with van der Waals surface area (Å²) >= 11 is 13.9. The summed E-state index contributed by atoms with van der Waals surface area (Å²) in [4.78, 5) is 30.5. The lowest BCUT2D eigenvalue weighted by Crippen LogP contribution is -2.35. The Bertz CT molecular complexity index is 1550. The van der Waals surface area contributed by atoms with Gasteiger partial charge in [-0.25, -0.2) is 4.98 Å². The number of hydrogen-bond acceptors (Lipinski definition) is 7. The first-order valence-electron chi connectivity index (χ1n) is 11.3. The van der Waals surface area contributed by atoms with E-state index in [9.17, 15) is 14.9 Å². The highest BCUT2D eigenvalue weighted by Crippen LogP contribution is 2.32. The number of halogens is 2. The van der Waals surface area contributed by atoms with Crippen LogP contribution in [0.2, 0.25) is 5.02 Å². The summed E-state index contributed by atoms with van der Waals surface area (Å²) < 4.78 is 6.88. The van der Waals surface area contributed by atoms with Gasteiger partial charge in [-0.3, -0.25) is 20.2 Å². The van der Waals surface area contributed by atoms with Crippen molar-refractivity contribution in [3.63, 3.8) is 0 Å². The minimum atomic E-state index is -0.527. The van der Waals surface area contributed by atoms with Crippen LogP contribution in [0.4, 0.5) is 17.1 Å². The van der Waals surface area contributed by atoms with Gasteiger partial charge in [-0.1, -0.05) is 11.6 Å². The van der Waals surface area contributed by atoms with Crippen molar-refractivity contribution in [3.05, 3.63) is 78.9 Å². The van der Waals surface area contributed by atoms with Gasteiger partial charge in [0.25, 0.3) is 11.6 Å². The molecule has 188 valence electrons. The van der Waals surface area contributed by atoms with Crippen LogP contribution < -0.4 is 15.5 Å². The quantitative estimate of drug-likeness (QED) is 0.111. The van der Waals surface area contributed by atoms with E-state index in [4.69, 9.17) is 28.2 Å². The molecule has 37 heavy (non-hydrogen) atoms.